The summed E-state index contributed by atoms with van der Waals surface area (Å²) in [6, 6.07) is 11.6. The summed E-state index contributed by atoms with van der Waals surface area (Å²) in [7, 11) is 2.24. The minimum atomic E-state index is 0.686. The molecule has 0 amide bonds. The number of piperidine rings is 1. The van der Waals surface area contributed by atoms with Crippen molar-refractivity contribution in [2.75, 3.05) is 13.6 Å². The zero-order valence-electron chi connectivity index (χ0n) is 9.11. The summed E-state index contributed by atoms with van der Waals surface area (Å²) in [5.41, 5.74) is 1.51. The highest BCUT2D eigenvalue weighted by atomic mass is 15.1. The topological polar surface area (TPSA) is 3.24 Å². The number of likely N-dealkylation sites (tertiary alicyclic amines) is 1. The molecular weight excluding hydrogens is 170 g/mol. The summed E-state index contributed by atoms with van der Waals surface area (Å²) >= 11 is 0. The molecule has 76 valence electrons. The van der Waals surface area contributed by atoms with Crippen molar-refractivity contribution in [1.82, 2.24) is 4.90 Å². The third-order valence-electron chi connectivity index (χ3n) is 3.53. The normalized spacial score (nSPS) is 29.0. The van der Waals surface area contributed by atoms with Gasteiger partial charge in [0.2, 0.25) is 0 Å². The molecule has 0 aromatic heterocycles. The van der Waals surface area contributed by atoms with E-state index in [4.69, 9.17) is 0 Å². The van der Waals surface area contributed by atoms with Crippen LogP contribution in [0.3, 0.4) is 0 Å². The lowest BCUT2D eigenvalue weighted by molar-refractivity contribution is 0.174. The SMILES string of the molecule is C[C@H]1[C@@H](c2ccccc2)CCCN1C. The Morgan fingerprint density at radius 2 is 1.93 bits per heavy atom. The molecule has 0 saturated carbocycles. The zero-order chi connectivity index (χ0) is 9.97. The predicted octanol–water partition coefficient (Wildman–Crippen LogP) is 2.88. The van der Waals surface area contributed by atoms with Crippen LogP contribution in [0.2, 0.25) is 0 Å². The molecule has 0 bridgehead atoms. The zero-order valence-corrected chi connectivity index (χ0v) is 9.11. The lowest BCUT2D eigenvalue weighted by Crippen LogP contribution is -2.39. The van der Waals surface area contributed by atoms with Gasteiger partial charge in [-0.05, 0) is 44.8 Å². The van der Waals surface area contributed by atoms with Gasteiger partial charge in [0.05, 0.1) is 0 Å². The Morgan fingerprint density at radius 1 is 1.21 bits per heavy atom. The van der Waals surface area contributed by atoms with Gasteiger partial charge in [0.15, 0.2) is 0 Å². The van der Waals surface area contributed by atoms with Gasteiger partial charge in [-0.1, -0.05) is 30.3 Å². The Bertz CT molecular complexity index is 281. The Morgan fingerprint density at radius 3 is 2.64 bits per heavy atom. The molecule has 1 heteroatoms. The first-order valence-corrected chi connectivity index (χ1v) is 5.54. The van der Waals surface area contributed by atoms with E-state index in [1.54, 1.807) is 0 Å². The van der Waals surface area contributed by atoms with Gasteiger partial charge >= 0.3 is 0 Å². The van der Waals surface area contributed by atoms with Crippen LogP contribution in [0.1, 0.15) is 31.2 Å². The molecule has 0 N–H and O–H groups in total. The Labute approximate surface area is 86.7 Å². The molecule has 2 atom stereocenters. The fourth-order valence-electron chi connectivity index (χ4n) is 2.46. The maximum Gasteiger partial charge on any atom is 0.0133 e. The Balaban J connectivity index is 2.17. The molecule has 1 nitrogen and oxygen atoms in total. The molecule has 0 aliphatic carbocycles. The molecule has 1 aliphatic rings. The van der Waals surface area contributed by atoms with E-state index < -0.39 is 0 Å². The maximum atomic E-state index is 2.47. The molecule has 1 aromatic rings. The Kier molecular flexibility index (Phi) is 2.87. The first-order valence-electron chi connectivity index (χ1n) is 5.54. The van der Waals surface area contributed by atoms with E-state index >= 15 is 0 Å². The quantitative estimate of drug-likeness (QED) is 0.656. The molecule has 0 spiro atoms. The standard InChI is InChI=1S/C13H19N/c1-11-13(9-6-10-14(11)2)12-7-4-3-5-8-12/h3-5,7-8,11,13H,6,9-10H2,1-2H3/t11-,13-/m0/s1. The van der Waals surface area contributed by atoms with Crippen molar-refractivity contribution < 1.29 is 0 Å². The van der Waals surface area contributed by atoms with Gasteiger partial charge in [0, 0.05) is 6.04 Å². The second kappa shape index (κ2) is 4.14. The number of rotatable bonds is 1. The fraction of sp³-hybridized carbons (Fsp3) is 0.538. The van der Waals surface area contributed by atoms with Crippen LogP contribution in [0, 0.1) is 0 Å². The summed E-state index contributed by atoms with van der Waals surface area (Å²) < 4.78 is 0. The van der Waals surface area contributed by atoms with Crippen molar-refractivity contribution in [3.05, 3.63) is 35.9 Å². The van der Waals surface area contributed by atoms with Gasteiger partial charge in [-0.2, -0.15) is 0 Å². The van der Waals surface area contributed by atoms with Crippen LogP contribution >= 0.6 is 0 Å². The number of nitrogens with zero attached hydrogens (tertiary/aromatic N) is 1. The number of hydrogen-bond donors (Lipinski definition) is 0. The highest BCUT2D eigenvalue weighted by Crippen LogP contribution is 2.31. The average molecular weight is 189 g/mol. The molecule has 1 fully saturated rings. The third-order valence-corrected chi connectivity index (χ3v) is 3.53. The molecule has 2 rings (SSSR count). The van der Waals surface area contributed by atoms with E-state index in [9.17, 15) is 0 Å². The van der Waals surface area contributed by atoms with E-state index in [-0.39, 0.29) is 0 Å². The molecular formula is C13H19N. The second-order valence-electron chi connectivity index (χ2n) is 4.38. The van der Waals surface area contributed by atoms with E-state index in [0.717, 1.165) is 5.92 Å². The van der Waals surface area contributed by atoms with Crippen molar-refractivity contribution in [1.29, 1.82) is 0 Å². The van der Waals surface area contributed by atoms with Crippen molar-refractivity contribution in [3.63, 3.8) is 0 Å². The number of hydrogen-bond acceptors (Lipinski definition) is 1. The molecule has 1 aromatic carbocycles. The van der Waals surface area contributed by atoms with Gasteiger partial charge in [-0.3, -0.25) is 0 Å². The average Bonchev–Trinajstić information content (AvgIpc) is 2.23. The van der Waals surface area contributed by atoms with Gasteiger partial charge in [0.1, 0.15) is 0 Å². The molecule has 1 heterocycles. The molecule has 1 aliphatic heterocycles. The molecule has 14 heavy (non-hydrogen) atoms. The maximum absolute atomic E-state index is 2.47. The van der Waals surface area contributed by atoms with Gasteiger partial charge in [-0.15, -0.1) is 0 Å². The predicted molar refractivity (Wildman–Crippen MR) is 60.5 cm³/mol. The van der Waals surface area contributed by atoms with Crippen LogP contribution in [0.5, 0.6) is 0 Å². The fourth-order valence-corrected chi connectivity index (χ4v) is 2.46. The van der Waals surface area contributed by atoms with Crippen LogP contribution in [-0.2, 0) is 0 Å². The third kappa shape index (κ3) is 1.83. The molecule has 0 radical (unpaired) electrons. The van der Waals surface area contributed by atoms with Crippen LogP contribution in [0.25, 0.3) is 0 Å². The van der Waals surface area contributed by atoms with Crippen LogP contribution in [0.15, 0.2) is 30.3 Å². The lowest BCUT2D eigenvalue weighted by Gasteiger charge is -2.37. The minimum Gasteiger partial charge on any atom is -0.303 e. The summed E-state index contributed by atoms with van der Waals surface area (Å²) in [5, 5.41) is 0. The smallest absolute Gasteiger partial charge is 0.0133 e. The lowest BCUT2D eigenvalue weighted by atomic mass is 9.85. The van der Waals surface area contributed by atoms with Crippen molar-refractivity contribution in [2.45, 2.75) is 31.7 Å². The van der Waals surface area contributed by atoms with Crippen molar-refractivity contribution in [3.8, 4) is 0 Å². The second-order valence-corrected chi connectivity index (χ2v) is 4.38. The molecule has 0 unspecified atom stereocenters. The van der Waals surface area contributed by atoms with E-state index in [2.05, 4.69) is 49.2 Å². The molecule has 1 saturated heterocycles. The van der Waals surface area contributed by atoms with E-state index in [1.165, 1.54) is 24.9 Å². The largest absolute Gasteiger partial charge is 0.303 e. The summed E-state index contributed by atoms with van der Waals surface area (Å²) in [5.74, 6) is 0.731. The van der Waals surface area contributed by atoms with Crippen LogP contribution in [-0.4, -0.2) is 24.5 Å². The summed E-state index contributed by atoms with van der Waals surface area (Å²) in [6.45, 7) is 3.60. The summed E-state index contributed by atoms with van der Waals surface area (Å²) in [6.07, 6.45) is 2.68. The van der Waals surface area contributed by atoms with Gasteiger partial charge in [0.25, 0.3) is 0 Å². The van der Waals surface area contributed by atoms with Crippen LogP contribution in [0.4, 0.5) is 0 Å². The number of likely N-dealkylation sites (N-methyl/N-ethyl adjacent to an activating group) is 1. The van der Waals surface area contributed by atoms with Crippen molar-refractivity contribution >= 4 is 0 Å². The monoisotopic (exact) mass is 189 g/mol. The highest BCUT2D eigenvalue weighted by molar-refractivity contribution is 5.21. The van der Waals surface area contributed by atoms with Crippen molar-refractivity contribution in [2.24, 2.45) is 0 Å². The summed E-state index contributed by atoms with van der Waals surface area (Å²) in [4.78, 5) is 2.47. The first-order chi connectivity index (χ1) is 6.79. The van der Waals surface area contributed by atoms with E-state index in [0.29, 0.717) is 6.04 Å². The van der Waals surface area contributed by atoms with E-state index in [1.807, 2.05) is 0 Å². The number of benzene rings is 1. The Hall–Kier alpha value is -0.820. The minimum absolute atomic E-state index is 0.686. The van der Waals surface area contributed by atoms with Crippen LogP contribution < -0.4 is 0 Å². The van der Waals surface area contributed by atoms with Gasteiger partial charge < -0.3 is 4.90 Å². The first kappa shape index (κ1) is 9.72. The highest BCUT2D eigenvalue weighted by Gasteiger charge is 2.26. The van der Waals surface area contributed by atoms with Gasteiger partial charge in [-0.25, -0.2) is 0 Å².